The number of hydrogen-bond acceptors (Lipinski definition) is 4. The summed E-state index contributed by atoms with van der Waals surface area (Å²) in [5.41, 5.74) is 3.38. The third-order valence-electron chi connectivity index (χ3n) is 8.38. The molecular weight excluding hydrogens is 580 g/mol. The molecule has 1 fully saturated rings. The summed E-state index contributed by atoms with van der Waals surface area (Å²) >= 11 is 0. The van der Waals surface area contributed by atoms with E-state index in [0.717, 1.165) is 25.9 Å². The van der Waals surface area contributed by atoms with E-state index in [2.05, 4.69) is 16.2 Å². The first kappa shape index (κ1) is 31.1. The number of fused-ring (bicyclic) bond motifs is 1. The zero-order valence-corrected chi connectivity index (χ0v) is 25.0. The number of nitrogens with one attached hydrogen (secondary N) is 1. The summed E-state index contributed by atoms with van der Waals surface area (Å²) in [7, 11) is 0. The number of benzene rings is 3. The molecular formula is C36H34ClF2N3O2. The van der Waals surface area contributed by atoms with Gasteiger partial charge in [0.2, 0.25) is 0 Å². The van der Waals surface area contributed by atoms with Gasteiger partial charge in [0, 0.05) is 53.2 Å². The highest BCUT2D eigenvalue weighted by Crippen LogP contribution is 2.45. The molecule has 1 amide bonds. The largest absolute Gasteiger partial charge is 0.359 e. The van der Waals surface area contributed by atoms with Gasteiger partial charge in [0.15, 0.2) is 0 Å². The molecule has 2 heterocycles. The van der Waals surface area contributed by atoms with Gasteiger partial charge in [-0.05, 0) is 49.7 Å². The number of nitrogens with zero attached hydrogens (tertiary/aromatic N) is 2. The summed E-state index contributed by atoms with van der Waals surface area (Å²) in [6, 6.07) is 24.8. The van der Waals surface area contributed by atoms with Crippen LogP contribution < -0.4 is 10.2 Å². The van der Waals surface area contributed by atoms with E-state index < -0.39 is 18.4 Å². The first-order chi connectivity index (χ1) is 21.0. The van der Waals surface area contributed by atoms with Crippen LogP contribution in [0.3, 0.4) is 0 Å². The standard InChI is InChI=1S/C36H33F2N3O2.ClH/c37-36(38)20-24-41(32-16-8-7-15-28(32)31(36)19-23-40-21-9-10-22-40)33-18-17-29(35(43)39-27-13-5-2-6-14-27)34(30(33)25-42)26-11-3-1-4-12-26;/h1-8,11-19,33H,9-10,20-24H2,(H,39,43);1H. The molecule has 1 aliphatic carbocycles. The Hall–Kier alpha value is -4.29. The first-order valence-corrected chi connectivity index (χ1v) is 14.7. The van der Waals surface area contributed by atoms with Crippen molar-refractivity contribution in [3.8, 4) is 0 Å². The molecule has 0 saturated carbocycles. The zero-order chi connectivity index (χ0) is 29.8. The van der Waals surface area contributed by atoms with Crippen LogP contribution in [-0.4, -0.2) is 54.9 Å². The smallest absolute Gasteiger partial charge is 0.275 e. The van der Waals surface area contributed by atoms with Crippen LogP contribution >= 0.6 is 12.4 Å². The zero-order valence-electron chi connectivity index (χ0n) is 24.2. The summed E-state index contributed by atoms with van der Waals surface area (Å²) in [5.74, 6) is -1.30. The number of para-hydroxylation sites is 2. The number of anilines is 2. The van der Waals surface area contributed by atoms with Crippen LogP contribution in [0.25, 0.3) is 11.1 Å². The number of carbonyl (C=O) groups is 1. The second kappa shape index (κ2) is 13.6. The average Bonchev–Trinajstić information content (AvgIpc) is 3.52. The Morgan fingerprint density at radius 3 is 2.30 bits per heavy atom. The Kier molecular flexibility index (Phi) is 9.60. The van der Waals surface area contributed by atoms with Crippen LogP contribution in [0.1, 0.15) is 30.4 Å². The van der Waals surface area contributed by atoms with E-state index in [4.69, 9.17) is 0 Å². The predicted molar refractivity (Wildman–Crippen MR) is 175 cm³/mol. The normalized spacial score (nSPS) is 20.5. The van der Waals surface area contributed by atoms with E-state index in [1.807, 2.05) is 65.6 Å². The number of halogens is 3. The fraction of sp³-hybridized carbons (Fsp3) is 0.250. The number of amides is 1. The monoisotopic (exact) mass is 613 g/mol. The van der Waals surface area contributed by atoms with E-state index in [-0.39, 0.29) is 36.0 Å². The van der Waals surface area contributed by atoms with E-state index in [9.17, 15) is 9.59 Å². The lowest BCUT2D eigenvalue weighted by Crippen LogP contribution is -2.39. The molecule has 44 heavy (non-hydrogen) atoms. The molecule has 0 radical (unpaired) electrons. The van der Waals surface area contributed by atoms with Crippen molar-refractivity contribution in [3.05, 3.63) is 125 Å². The van der Waals surface area contributed by atoms with Crippen LogP contribution in [0.4, 0.5) is 20.2 Å². The number of likely N-dealkylation sites (tertiary alicyclic amines) is 1. The molecule has 1 atom stereocenters. The topological polar surface area (TPSA) is 52.7 Å². The Labute approximate surface area is 262 Å². The number of rotatable bonds is 6. The van der Waals surface area contributed by atoms with Gasteiger partial charge < -0.3 is 10.2 Å². The number of allylic oxidation sites excluding steroid dienone is 1. The first-order valence-electron chi connectivity index (χ1n) is 14.7. The van der Waals surface area contributed by atoms with Crippen LogP contribution in [0, 0.1) is 0 Å². The van der Waals surface area contributed by atoms with Crippen molar-refractivity contribution in [3.63, 3.8) is 0 Å². The van der Waals surface area contributed by atoms with Crippen molar-refractivity contribution in [2.45, 2.75) is 31.2 Å². The lowest BCUT2D eigenvalue weighted by atomic mass is 9.84. The van der Waals surface area contributed by atoms with Crippen molar-refractivity contribution in [1.29, 1.82) is 0 Å². The Balaban J connectivity index is 0.00000384. The van der Waals surface area contributed by atoms with Gasteiger partial charge in [0.25, 0.3) is 11.8 Å². The Morgan fingerprint density at radius 1 is 0.932 bits per heavy atom. The lowest BCUT2D eigenvalue weighted by Gasteiger charge is -2.35. The Bertz CT molecular complexity index is 1640. The minimum atomic E-state index is -3.05. The average molecular weight is 614 g/mol. The Morgan fingerprint density at radius 2 is 1.59 bits per heavy atom. The predicted octanol–water partition coefficient (Wildman–Crippen LogP) is 7.22. The van der Waals surface area contributed by atoms with Gasteiger partial charge in [0.1, 0.15) is 5.94 Å². The second-order valence-electron chi connectivity index (χ2n) is 11.1. The van der Waals surface area contributed by atoms with Crippen LogP contribution in [-0.2, 0) is 9.59 Å². The van der Waals surface area contributed by atoms with Gasteiger partial charge in [-0.25, -0.2) is 13.6 Å². The fourth-order valence-electron chi connectivity index (χ4n) is 6.25. The van der Waals surface area contributed by atoms with Gasteiger partial charge in [-0.2, -0.15) is 0 Å². The fourth-order valence-corrected chi connectivity index (χ4v) is 6.25. The summed E-state index contributed by atoms with van der Waals surface area (Å²) < 4.78 is 31.7. The van der Waals surface area contributed by atoms with Gasteiger partial charge in [0.05, 0.1) is 11.6 Å². The molecule has 1 N–H and O–H groups in total. The minimum absolute atomic E-state index is 0. The van der Waals surface area contributed by atoms with Crippen molar-refractivity contribution < 1.29 is 18.4 Å². The maximum Gasteiger partial charge on any atom is 0.275 e. The summed E-state index contributed by atoms with van der Waals surface area (Å²) in [5, 5.41) is 2.91. The maximum absolute atomic E-state index is 15.8. The van der Waals surface area contributed by atoms with Gasteiger partial charge >= 0.3 is 0 Å². The van der Waals surface area contributed by atoms with Crippen molar-refractivity contribution in [1.82, 2.24) is 4.90 Å². The highest BCUT2D eigenvalue weighted by Gasteiger charge is 2.42. The van der Waals surface area contributed by atoms with Crippen LogP contribution in [0.5, 0.6) is 0 Å². The van der Waals surface area contributed by atoms with E-state index in [1.165, 1.54) is 0 Å². The highest BCUT2D eigenvalue weighted by atomic mass is 35.5. The molecule has 3 aromatic rings. The SMILES string of the molecule is Cl.O=C=C1C(c2ccccc2)=C(C(=O)Nc2ccccc2)C=CC1N1CCC(F)(F)C(=CCN2CCCC2)c2ccccc21. The molecule has 2 aliphatic heterocycles. The highest BCUT2D eigenvalue weighted by molar-refractivity contribution is 6.15. The molecule has 1 unspecified atom stereocenters. The molecule has 0 aromatic heterocycles. The molecule has 0 bridgehead atoms. The second-order valence-corrected chi connectivity index (χ2v) is 11.1. The third-order valence-corrected chi connectivity index (χ3v) is 8.38. The van der Waals surface area contributed by atoms with Gasteiger partial charge in [-0.3, -0.25) is 9.69 Å². The van der Waals surface area contributed by atoms with Crippen molar-refractivity contribution >= 4 is 46.8 Å². The number of hydrogen-bond donors (Lipinski definition) is 1. The minimum Gasteiger partial charge on any atom is -0.359 e. The molecule has 1 saturated heterocycles. The number of carbonyl (C=O) groups excluding carboxylic acids is 2. The van der Waals surface area contributed by atoms with Crippen molar-refractivity contribution in [2.75, 3.05) is 36.4 Å². The molecule has 226 valence electrons. The molecule has 6 rings (SSSR count). The third kappa shape index (κ3) is 6.31. The maximum atomic E-state index is 15.8. The lowest BCUT2D eigenvalue weighted by molar-refractivity contribution is -0.112. The number of alkyl halides is 2. The summed E-state index contributed by atoms with van der Waals surface area (Å²) in [6.45, 7) is 2.32. The van der Waals surface area contributed by atoms with E-state index >= 15 is 8.78 Å². The van der Waals surface area contributed by atoms with Crippen LogP contribution in [0.15, 0.2) is 114 Å². The van der Waals surface area contributed by atoms with Crippen molar-refractivity contribution in [2.24, 2.45) is 0 Å². The quantitative estimate of drug-likeness (QED) is 0.298. The van der Waals surface area contributed by atoms with Crippen LogP contribution in [0.2, 0.25) is 0 Å². The van der Waals surface area contributed by atoms with Gasteiger partial charge in [-0.1, -0.05) is 85.0 Å². The van der Waals surface area contributed by atoms with E-state index in [0.29, 0.717) is 40.2 Å². The molecule has 0 spiro atoms. The van der Waals surface area contributed by atoms with E-state index in [1.54, 1.807) is 42.5 Å². The summed E-state index contributed by atoms with van der Waals surface area (Å²) in [6.07, 6.45) is 6.89. The molecule has 3 aromatic carbocycles. The summed E-state index contributed by atoms with van der Waals surface area (Å²) in [4.78, 5) is 30.4. The molecule has 5 nitrogen and oxygen atoms in total. The molecule has 3 aliphatic rings. The van der Waals surface area contributed by atoms with Gasteiger partial charge in [-0.15, -0.1) is 12.4 Å². The molecule has 8 heteroatoms.